The summed E-state index contributed by atoms with van der Waals surface area (Å²) in [7, 11) is 1.28. The molecule has 5 heteroatoms. The summed E-state index contributed by atoms with van der Waals surface area (Å²) < 4.78 is 10.1. The number of benzene rings is 2. The van der Waals surface area contributed by atoms with E-state index in [2.05, 4.69) is 15.3 Å². The minimum atomic E-state index is -0.609. The van der Waals surface area contributed by atoms with Crippen molar-refractivity contribution in [2.24, 2.45) is 5.10 Å². The van der Waals surface area contributed by atoms with E-state index in [1.165, 1.54) is 13.3 Å². The zero-order valence-corrected chi connectivity index (χ0v) is 11.7. The van der Waals surface area contributed by atoms with Crippen LogP contribution in [0.4, 0.5) is 4.79 Å². The molecular weight excluding hydrogens is 268 g/mol. The summed E-state index contributed by atoms with van der Waals surface area (Å²) >= 11 is 0. The Bertz CT molecular complexity index is 612. The molecule has 21 heavy (non-hydrogen) atoms. The number of rotatable bonds is 5. The highest BCUT2D eigenvalue weighted by Crippen LogP contribution is 2.14. The summed E-state index contributed by atoms with van der Waals surface area (Å²) in [5, 5.41) is 3.77. The van der Waals surface area contributed by atoms with E-state index >= 15 is 0 Å². The average molecular weight is 284 g/mol. The van der Waals surface area contributed by atoms with Gasteiger partial charge in [-0.3, -0.25) is 0 Å². The molecule has 0 unspecified atom stereocenters. The van der Waals surface area contributed by atoms with Gasteiger partial charge in [0.15, 0.2) is 0 Å². The maximum atomic E-state index is 10.9. The summed E-state index contributed by atoms with van der Waals surface area (Å²) in [6, 6.07) is 17.4. The minimum Gasteiger partial charge on any atom is -0.489 e. The molecule has 1 amide bonds. The second-order valence-electron chi connectivity index (χ2n) is 4.21. The number of hydrogen-bond donors (Lipinski definition) is 1. The Morgan fingerprint density at radius 1 is 1.19 bits per heavy atom. The fraction of sp³-hybridized carbons (Fsp3) is 0.125. The molecule has 0 spiro atoms. The molecule has 0 saturated carbocycles. The lowest BCUT2D eigenvalue weighted by Crippen LogP contribution is -2.16. The van der Waals surface area contributed by atoms with E-state index in [4.69, 9.17) is 4.74 Å². The number of hydrogen-bond acceptors (Lipinski definition) is 4. The predicted molar refractivity (Wildman–Crippen MR) is 80.4 cm³/mol. The highest BCUT2D eigenvalue weighted by Gasteiger charge is 1.97. The standard InChI is InChI=1S/C16H16N2O3/c1-20-16(19)18-17-11-14-8-5-9-15(10-14)21-12-13-6-3-2-4-7-13/h2-11H,12H2,1H3,(H,18,19)/b17-11-. The first-order valence-corrected chi connectivity index (χ1v) is 6.42. The Morgan fingerprint density at radius 3 is 2.76 bits per heavy atom. The van der Waals surface area contributed by atoms with Gasteiger partial charge >= 0.3 is 6.09 Å². The zero-order valence-electron chi connectivity index (χ0n) is 11.7. The van der Waals surface area contributed by atoms with E-state index in [1.807, 2.05) is 54.6 Å². The molecule has 0 bridgehead atoms. The van der Waals surface area contributed by atoms with Crippen LogP contribution < -0.4 is 10.2 Å². The monoisotopic (exact) mass is 284 g/mol. The summed E-state index contributed by atoms with van der Waals surface area (Å²) in [5.41, 5.74) is 4.14. The van der Waals surface area contributed by atoms with Crippen molar-refractivity contribution < 1.29 is 14.3 Å². The number of carbonyl (C=O) groups excluding carboxylic acids is 1. The third-order valence-electron chi connectivity index (χ3n) is 2.66. The van der Waals surface area contributed by atoms with Gasteiger partial charge in [0.25, 0.3) is 0 Å². The molecular formula is C16H16N2O3. The van der Waals surface area contributed by atoms with Crippen LogP contribution in [0, 0.1) is 0 Å². The van der Waals surface area contributed by atoms with Gasteiger partial charge in [-0.25, -0.2) is 10.2 Å². The second-order valence-corrected chi connectivity index (χ2v) is 4.21. The maximum absolute atomic E-state index is 10.9. The quantitative estimate of drug-likeness (QED) is 0.678. The van der Waals surface area contributed by atoms with Crippen molar-refractivity contribution in [2.45, 2.75) is 6.61 Å². The maximum Gasteiger partial charge on any atom is 0.427 e. The largest absolute Gasteiger partial charge is 0.489 e. The van der Waals surface area contributed by atoms with Crippen LogP contribution in [0.3, 0.4) is 0 Å². The van der Waals surface area contributed by atoms with Crippen molar-refractivity contribution in [2.75, 3.05) is 7.11 Å². The Morgan fingerprint density at radius 2 is 2.00 bits per heavy atom. The number of methoxy groups -OCH3 is 1. The van der Waals surface area contributed by atoms with Crippen molar-refractivity contribution in [1.29, 1.82) is 0 Å². The number of amides is 1. The highest BCUT2D eigenvalue weighted by atomic mass is 16.5. The first kappa shape index (κ1) is 14.6. The SMILES string of the molecule is COC(=O)N/N=C\c1cccc(OCc2ccccc2)c1. The number of hydrazone groups is 1. The zero-order chi connectivity index (χ0) is 14.9. The van der Waals surface area contributed by atoms with Crippen molar-refractivity contribution >= 4 is 12.3 Å². The Hall–Kier alpha value is -2.82. The smallest absolute Gasteiger partial charge is 0.427 e. The van der Waals surface area contributed by atoms with Gasteiger partial charge in [0.2, 0.25) is 0 Å². The van der Waals surface area contributed by atoms with Crippen LogP contribution in [0.5, 0.6) is 5.75 Å². The molecule has 108 valence electrons. The minimum absolute atomic E-state index is 0.502. The van der Waals surface area contributed by atoms with E-state index in [-0.39, 0.29) is 0 Å². The molecule has 0 radical (unpaired) electrons. The van der Waals surface area contributed by atoms with Crippen LogP contribution in [0.15, 0.2) is 59.7 Å². The van der Waals surface area contributed by atoms with Crippen LogP contribution in [0.25, 0.3) is 0 Å². The summed E-state index contributed by atoms with van der Waals surface area (Å²) in [6.45, 7) is 0.502. The summed E-state index contributed by atoms with van der Waals surface area (Å²) in [5.74, 6) is 0.737. The van der Waals surface area contributed by atoms with E-state index in [0.29, 0.717) is 6.61 Å². The van der Waals surface area contributed by atoms with Crippen molar-refractivity contribution in [1.82, 2.24) is 5.43 Å². The van der Waals surface area contributed by atoms with Crippen LogP contribution in [-0.2, 0) is 11.3 Å². The van der Waals surface area contributed by atoms with Gasteiger partial charge in [0.1, 0.15) is 12.4 Å². The number of carbonyl (C=O) groups is 1. The topological polar surface area (TPSA) is 59.9 Å². The summed E-state index contributed by atoms with van der Waals surface area (Å²) in [6.07, 6.45) is 0.912. The van der Waals surface area contributed by atoms with E-state index < -0.39 is 6.09 Å². The molecule has 5 nitrogen and oxygen atoms in total. The molecule has 2 aromatic carbocycles. The van der Waals surface area contributed by atoms with E-state index in [9.17, 15) is 4.79 Å². The number of ether oxygens (including phenoxy) is 2. The predicted octanol–water partition coefficient (Wildman–Crippen LogP) is 2.96. The molecule has 0 aliphatic carbocycles. The molecule has 0 aliphatic rings. The molecule has 0 fully saturated rings. The first-order valence-electron chi connectivity index (χ1n) is 6.42. The fourth-order valence-corrected chi connectivity index (χ4v) is 1.63. The van der Waals surface area contributed by atoms with Crippen LogP contribution >= 0.6 is 0 Å². The van der Waals surface area contributed by atoms with Crippen LogP contribution in [0.1, 0.15) is 11.1 Å². The van der Waals surface area contributed by atoms with Gasteiger partial charge < -0.3 is 9.47 Å². The van der Waals surface area contributed by atoms with Crippen LogP contribution in [0.2, 0.25) is 0 Å². The van der Waals surface area contributed by atoms with Gasteiger partial charge in [-0.2, -0.15) is 5.10 Å². The van der Waals surface area contributed by atoms with Gasteiger partial charge in [-0.05, 0) is 23.3 Å². The van der Waals surface area contributed by atoms with Gasteiger partial charge in [-0.15, -0.1) is 0 Å². The molecule has 1 N–H and O–H groups in total. The fourth-order valence-electron chi connectivity index (χ4n) is 1.63. The van der Waals surface area contributed by atoms with Crippen molar-refractivity contribution in [3.63, 3.8) is 0 Å². The number of nitrogens with one attached hydrogen (secondary N) is 1. The lowest BCUT2D eigenvalue weighted by Gasteiger charge is -2.06. The van der Waals surface area contributed by atoms with Gasteiger partial charge in [0, 0.05) is 0 Å². The highest BCUT2D eigenvalue weighted by molar-refractivity contribution is 5.81. The van der Waals surface area contributed by atoms with Crippen LogP contribution in [-0.4, -0.2) is 19.4 Å². The Kier molecular flexibility index (Phi) is 5.34. The number of nitrogens with zero attached hydrogens (tertiary/aromatic N) is 1. The molecule has 0 aliphatic heterocycles. The molecule has 0 heterocycles. The normalized spacial score (nSPS) is 10.3. The lowest BCUT2D eigenvalue weighted by atomic mass is 10.2. The molecule has 0 saturated heterocycles. The molecule has 0 atom stereocenters. The lowest BCUT2D eigenvalue weighted by molar-refractivity contribution is 0.171. The summed E-state index contributed by atoms with van der Waals surface area (Å²) in [4.78, 5) is 10.9. The Labute approximate surface area is 123 Å². The first-order chi connectivity index (χ1) is 10.3. The van der Waals surface area contributed by atoms with E-state index in [1.54, 1.807) is 0 Å². The third-order valence-corrected chi connectivity index (χ3v) is 2.66. The van der Waals surface area contributed by atoms with Gasteiger partial charge in [-0.1, -0.05) is 42.5 Å². The third kappa shape index (κ3) is 4.99. The second kappa shape index (κ2) is 7.69. The van der Waals surface area contributed by atoms with Gasteiger partial charge in [0.05, 0.1) is 13.3 Å². The van der Waals surface area contributed by atoms with Crippen molar-refractivity contribution in [3.8, 4) is 5.75 Å². The van der Waals surface area contributed by atoms with E-state index in [0.717, 1.165) is 16.9 Å². The molecule has 2 aromatic rings. The van der Waals surface area contributed by atoms with Crippen molar-refractivity contribution in [3.05, 3.63) is 65.7 Å². The Balaban J connectivity index is 1.93. The molecule has 0 aromatic heterocycles. The molecule has 2 rings (SSSR count). The average Bonchev–Trinajstić information content (AvgIpc) is 2.54.